The van der Waals surface area contributed by atoms with Crippen molar-refractivity contribution in [2.75, 3.05) is 26.2 Å². The number of thiol groups is 1. The van der Waals surface area contributed by atoms with Crippen LogP contribution in [0.3, 0.4) is 0 Å². The van der Waals surface area contributed by atoms with Crippen molar-refractivity contribution in [1.82, 2.24) is 24.8 Å². The standard InChI is InChI=1S/C22H27N5O.H3NO2S/c1-15-3-2-10-27(14-15)22(28)26-11-6-16(7-12-26)17-4-8-23-19-13-25-21-18(20(17)19)5-9-24-21;1-4(2)3/h4-5,8-9,13,15-16H,2-3,6-7,10-12,14H2,1H3,(H,24,25);4H,(H2,1,2,3). The molecule has 2 fully saturated rings. The molecule has 32 heavy (non-hydrogen) atoms. The van der Waals surface area contributed by atoms with Gasteiger partial charge in [0.25, 0.3) is 0 Å². The summed E-state index contributed by atoms with van der Waals surface area (Å²) in [7, 11) is -2.62. The van der Waals surface area contributed by atoms with Crippen LogP contribution in [0.1, 0.15) is 44.1 Å². The molecule has 3 aromatic rings. The molecule has 1 unspecified atom stereocenters. The molecule has 3 N–H and O–H groups in total. The quantitative estimate of drug-likeness (QED) is 0.483. The second-order valence-electron chi connectivity index (χ2n) is 8.68. The fraction of sp³-hybridized carbons (Fsp3) is 0.500. The van der Waals surface area contributed by atoms with Crippen LogP contribution < -0.4 is 5.14 Å². The van der Waals surface area contributed by atoms with E-state index in [-0.39, 0.29) is 6.03 Å². The Hall–Kier alpha value is -2.72. The van der Waals surface area contributed by atoms with Crippen LogP contribution in [0.25, 0.3) is 21.9 Å². The molecule has 5 heterocycles. The molecule has 172 valence electrons. The number of H-pyrrole nitrogens is 1. The number of fused-ring (bicyclic) bond motifs is 3. The topological polar surface area (TPSA) is 125 Å². The van der Waals surface area contributed by atoms with E-state index in [4.69, 9.17) is 8.42 Å². The summed E-state index contributed by atoms with van der Waals surface area (Å²) < 4.78 is 17.6. The molecule has 2 aliphatic heterocycles. The van der Waals surface area contributed by atoms with Crippen molar-refractivity contribution >= 4 is 38.9 Å². The highest BCUT2D eigenvalue weighted by Crippen LogP contribution is 2.35. The lowest BCUT2D eigenvalue weighted by Crippen LogP contribution is -2.49. The lowest BCUT2D eigenvalue weighted by molar-refractivity contribution is 0.121. The Morgan fingerprint density at radius 2 is 1.88 bits per heavy atom. The summed E-state index contributed by atoms with van der Waals surface area (Å²) in [4.78, 5) is 29.3. The Kier molecular flexibility index (Phi) is 6.90. The van der Waals surface area contributed by atoms with E-state index in [0.717, 1.165) is 62.0 Å². The first-order valence-electron chi connectivity index (χ1n) is 11.1. The van der Waals surface area contributed by atoms with Crippen molar-refractivity contribution < 1.29 is 13.2 Å². The molecule has 5 rings (SSSR count). The Labute approximate surface area is 189 Å². The molecule has 9 nitrogen and oxygen atoms in total. The number of hydrogen-bond donors (Lipinski definition) is 3. The van der Waals surface area contributed by atoms with E-state index in [1.165, 1.54) is 17.4 Å². The normalized spacial score (nSPS) is 19.9. The van der Waals surface area contributed by atoms with Gasteiger partial charge in [-0.25, -0.2) is 23.3 Å². The molecule has 2 amide bonds. The van der Waals surface area contributed by atoms with Gasteiger partial charge in [-0.3, -0.25) is 4.98 Å². The number of nitrogens with one attached hydrogen (secondary N) is 1. The number of carbonyl (C=O) groups excluding carboxylic acids is 1. The SMILES string of the molecule is CC1CCCN(C(=O)N2CCC(c3ccnc4cnc5[nH]ccc5c34)CC2)C1.N[SH](=O)=O. The predicted molar refractivity (Wildman–Crippen MR) is 125 cm³/mol. The highest BCUT2D eigenvalue weighted by molar-refractivity contribution is 7.69. The number of carbonyl (C=O) groups is 1. The molecule has 2 saturated heterocycles. The first-order valence-corrected chi connectivity index (χ1v) is 12.3. The smallest absolute Gasteiger partial charge is 0.320 e. The summed E-state index contributed by atoms with van der Waals surface area (Å²) in [6.45, 7) is 5.73. The highest BCUT2D eigenvalue weighted by Gasteiger charge is 2.30. The monoisotopic (exact) mass is 458 g/mol. The maximum atomic E-state index is 12.9. The molecule has 0 bridgehead atoms. The van der Waals surface area contributed by atoms with E-state index >= 15 is 0 Å². The lowest BCUT2D eigenvalue weighted by Gasteiger charge is -2.38. The second-order valence-corrected chi connectivity index (χ2v) is 9.25. The van der Waals surface area contributed by atoms with Gasteiger partial charge >= 0.3 is 6.03 Å². The van der Waals surface area contributed by atoms with Gasteiger partial charge in [-0.2, -0.15) is 0 Å². The van der Waals surface area contributed by atoms with Crippen LogP contribution in [0, 0.1) is 5.92 Å². The predicted octanol–water partition coefficient (Wildman–Crippen LogP) is 2.61. The number of aromatic nitrogens is 3. The summed E-state index contributed by atoms with van der Waals surface area (Å²) in [5.41, 5.74) is 3.20. The summed E-state index contributed by atoms with van der Waals surface area (Å²) >= 11 is 0. The van der Waals surface area contributed by atoms with Gasteiger partial charge < -0.3 is 14.8 Å². The van der Waals surface area contributed by atoms with Crippen molar-refractivity contribution in [3.8, 4) is 0 Å². The highest BCUT2D eigenvalue weighted by atomic mass is 32.2. The molecule has 0 spiro atoms. The third kappa shape index (κ3) is 4.86. The molecule has 0 aliphatic carbocycles. The third-order valence-electron chi connectivity index (χ3n) is 6.46. The molecular formula is C22H30N6O3S. The zero-order valence-corrected chi connectivity index (χ0v) is 19.1. The molecule has 0 radical (unpaired) electrons. The van der Waals surface area contributed by atoms with Gasteiger partial charge in [-0.05, 0) is 55.2 Å². The van der Waals surface area contributed by atoms with Crippen LogP contribution >= 0.6 is 0 Å². The molecular weight excluding hydrogens is 428 g/mol. The Morgan fingerprint density at radius 3 is 2.59 bits per heavy atom. The van der Waals surface area contributed by atoms with Crippen molar-refractivity contribution in [1.29, 1.82) is 0 Å². The van der Waals surface area contributed by atoms with Crippen LogP contribution in [0.15, 0.2) is 30.7 Å². The number of nitrogens with zero attached hydrogens (tertiary/aromatic N) is 4. The maximum Gasteiger partial charge on any atom is 0.320 e. The molecule has 0 saturated carbocycles. The largest absolute Gasteiger partial charge is 0.346 e. The minimum absolute atomic E-state index is 0.238. The van der Waals surface area contributed by atoms with E-state index < -0.39 is 10.9 Å². The van der Waals surface area contributed by atoms with Gasteiger partial charge in [0.1, 0.15) is 5.65 Å². The van der Waals surface area contributed by atoms with E-state index in [2.05, 4.69) is 48.9 Å². The minimum atomic E-state index is -2.62. The van der Waals surface area contributed by atoms with Gasteiger partial charge in [-0.15, -0.1) is 0 Å². The Balaban J connectivity index is 0.000000567. The molecule has 2 aliphatic rings. The molecule has 1 atom stereocenters. The van der Waals surface area contributed by atoms with Gasteiger partial charge in [0.05, 0.1) is 11.7 Å². The molecule has 3 aromatic heterocycles. The van der Waals surface area contributed by atoms with E-state index in [0.29, 0.717) is 11.8 Å². The van der Waals surface area contributed by atoms with Crippen molar-refractivity contribution in [2.45, 2.75) is 38.5 Å². The fourth-order valence-corrected chi connectivity index (χ4v) is 4.96. The van der Waals surface area contributed by atoms with Gasteiger partial charge in [0.15, 0.2) is 10.9 Å². The first kappa shape index (κ1) is 22.5. The zero-order chi connectivity index (χ0) is 22.7. The summed E-state index contributed by atoms with van der Waals surface area (Å²) in [5.74, 6) is 1.08. The number of hydrogen-bond acceptors (Lipinski definition) is 5. The first-order chi connectivity index (χ1) is 15.4. The number of rotatable bonds is 1. The molecule has 10 heteroatoms. The number of piperidine rings is 2. The number of amides is 2. The summed E-state index contributed by atoms with van der Waals surface area (Å²) in [5, 5.41) is 6.42. The van der Waals surface area contributed by atoms with Crippen molar-refractivity contribution in [3.63, 3.8) is 0 Å². The van der Waals surface area contributed by atoms with Gasteiger partial charge in [0, 0.05) is 49.3 Å². The van der Waals surface area contributed by atoms with E-state index in [1.54, 1.807) is 0 Å². The summed E-state index contributed by atoms with van der Waals surface area (Å²) in [6.07, 6.45) is 10.1. The van der Waals surface area contributed by atoms with Crippen LogP contribution in [-0.2, 0) is 10.9 Å². The average Bonchev–Trinajstić information content (AvgIpc) is 3.27. The van der Waals surface area contributed by atoms with Crippen molar-refractivity contribution in [3.05, 3.63) is 36.3 Å². The average molecular weight is 459 g/mol. The van der Waals surface area contributed by atoms with Gasteiger partial charge in [-0.1, -0.05) is 6.92 Å². The lowest BCUT2D eigenvalue weighted by atomic mass is 9.87. The fourth-order valence-electron chi connectivity index (χ4n) is 4.96. The van der Waals surface area contributed by atoms with Crippen LogP contribution in [0.2, 0.25) is 0 Å². The van der Waals surface area contributed by atoms with Crippen molar-refractivity contribution in [2.24, 2.45) is 11.1 Å². The second kappa shape index (κ2) is 9.83. The number of nitrogens with two attached hydrogens (primary N) is 1. The van der Waals surface area contributed by atoms with Crippen LogP contribution in [0.4, 0.5) is 4.79 Å². The van der Waals surface area contributed by atoms with E-state index in [9.17, 15) is 4.79 Å². The third-order valence-corrected chi connectivity index (χ3v) is 6.46. The minimum Gasteiger partial charge on any atom is -0.346 e. The number of pyridine rings is 2. The number of aromatic amines is 1. The maximum absolute atomic E-state index is 12.9. The Morgan fingerprint density at radius 1 is 1.12 bits per heavy atom. The van der Waals surface area contributed by atoms with E-state index in [1.807, 2.05) is 18.6 Å². The van der Waals surface area contributed by atoms with Gasteiger partial charge in [0.2, 0.25) is 0 Å². The number of urea groups is 1. The number of likely N-dealkylation sites (tertiary alicyclic amines) is 2. The summed E-state index contributed by atoms with van der Waals surface area (Å²) in [6, 6.07) is 4.48. The van der Waals surface area contributed by atoms with Crippen LogP contribution in [-0.4, -0.2) is 65.4 Å². The van der Waals surface area contributed by atoms with Crippen LogP contribution in [0.5, 0.6) is 0 Å². The Bertz CT molecular complexity index is 1160. The zero-order valence-electron chi connectivity index (χ0n) is 18.2. The molecule has 0 aromatic carbocycles.